The quantitative estimate of drug-likeness (QED) is 0.453. The van der Waals surface area contributed by atoms with E-state index in [1.54, 1.807) is 0 Å². The van der Waals surface area contributed by atoms with Gasteiger partial charge in [0.05, 0.1) is 13.2 Å². The van der Waals surface area contributed by atoms with Crippen molar-refractivity contribution in [3.63, 3.8) is 0 Å². The van der Waals surface area contributed by atoms with Crippen LogP contribution in [-0.4, -0.2) is 18.3 Å². The van der Waals surface area contributed by atoms with E-state index in [2.05, 4.69) is 0 Å². The zero-order valence-electron chi connectivity index (χ0n) is 15.5. The van der Waals surface area contributed by atoms with Gasteiger partial charge in [0.2, 0.25) is 5.34 Å². The molecule has 1 aliphatic rings. The summed E-state index contributed by atoms with van der Waals surface area (Å²) in [4.78, 5) is 0. The van der Waals surface area contributed by atoms with E-state index in [1.807, 2.05) is 62.4 Å². The van der Waals surface area contributed by atoms with Crippen LogP contribution < -0.4 is 0 Å². The highest BCUT2D eigenvalue weighted by Gasteiger charge is 2.57. The highest BCUT2D eigenvalue weighted by molar-refractivity contribution is 7.55. The maximum atomic E-state index is 13.9. The second-order valence-electron chi connectivity index (χ2n) is 6.63. The molecule has 0 spiro atoms. The molecule has 0 unspecified atom stereocenters. The van der Waals surface area contributed by atoms with Crippen LogP contribution >= 0.6 is 7.60 Å². The Balaban J connectivity index is 2.10. The Morgan fingerprint density at radius 1 is 0.846 bits per heavy atom. The Hall–Kier alpha value is -1.45. The van der Waals surface area contributed by atoms with Crippen molar-refractivity contribution >= 4 is 7.60 Å². The second kappa shape index (κ2) is 8.06. The minimum Gasteiger partial charge on any atom is -0.370 e. The van der Waals surface area contributed by atoms with E-state index in [4.69, 9.17) is 9.05 Å². The third-order valence-electron chi connectivity index (χ3n) is 4.81. The molecule has 0 radical (unpaired) electrons. The third-order valence-corrected chi connectivity index (χ3v) is 7.13. The van der Waals surface area contributed by atoms with Gasteiger partial charge in [0, 0.05) is 11.1 Å². The SMILES string of the molecule is CCCCOP(=O)(OCCCC)C1(O)c2ccccc2-c2ccccc21. The lowest BCUT2D eigenvalue weighted by molar-refractivity contribution is 0.0932. The molecule has 140 valence electrons. The van der Waals surface area contributed by atoms with Gasteiger partial charge >= 0.3 is 7.60 Å². The number of fused-ring (bicyclic) bond motifs is 3. The van der Waals surface area contributed by atoms with Gasteiger partial charge < -0.3 is 14.2 Å². The topological polar surface area (TPSA) is 55.8 Å². The summed E-state index contributed by atoms with van der Waals surface area (Å²) in [5.41, 5.74) is 2.95. The number of unbranched alkanes of at least 4 members (excludes halogenated alkanes) is 2. The molecule has 0 heterocycles. The second-order valence-corrected chi connectivity index (χ2v) is 8.79. The van der Waals surface area contributed by atoms with Crippen molar-refractivity contribution in [3.05, 3.63) is 59.7 Å². The van der Waals surface area contributed by atoms with Crippen molar-refractivity contribution < 1.29 is 18.7 Å². The summed E-state index contributed by atoms with van der Waals surface area (Å²) in [5.74, 6) is 0. The normalized spacial score (nSPS) is 14.9. The van der Waals surface area contributed by atoms with Gasteiger partial charge in [-0.1, -0.05) is 75.2 Å². The molecule has 26 heavy (non-hydrogen) atoms. The molecule has 0 amide bonds. The average molecular weight is 374 g/mol. The molecule has 0 saturated heterocycles. The van der Waals surface area contributed by atoms with Crippen molar-refractivity contribution in [2.75, 3.05) is 13.2 Å². The highest BCUT2D eigenvalue weighted by atomic mass is 31.2. The third kappa shape index (κ3) is 3.16. The Morgan fingerprint density at radius 3 is 1.69 bits per heavy atom. The summed E-state index contributed by atoms with van der Waals surface area (Å²) in [5, 5.41) is 10.0. The molecule has 3 rings (SSSR count). The van der Waals surface area contributed by atoms with Crippen LogP contribution in [0.15, 0.2) is 48.5 Å². The van der Waals surface area contributed by atoms with E-state index >= 15 is 0 Å². The van der Waals surface area contributed by atoms with Gasteiger partial charge in [-0.05, 0) is 24.0 Å². The van der Waals surface area contributed by atoms with Crippen LogP contribution in [0.25, 0.3) is 11.1 Å². The predicted molar refractivity (Wildman–Crippen MR) is 104 cm³/mol. The molecule has 5 heteroatoms. The molecule has 0 aliphatic heterocycles. The number of benzene rings is 2. The Labute approximate surface area is 155 Å². The fourth-order valence-electron chi connectivity index (χ4n) is 3.37. The zero-order chi connectivity index (χ0) is 18.6. The molecule has 1 aliphatic carbocycles. The van der Waals surface area contributed by atoms with Gasteiger partial charge in [-0.2, -0.15) is 0 Å². The van der Waals surface area contributed by atoms with E-state index in [0.29, 0.717) is 24.3 Å². The lowest BCUT2D eigenvalue weighted by atomic mass is 10.1. The van der Waals surface area contributed by atoms with Gasteiger partial charge in [0.1, 0.15) is 0 Å². The molecule has 2 aromatic carbocycles. The molecule has 0 aromatic heterocycles. The molecule has 0 fully saturated rings. The number of rotatable bonds is 9. The minimum absolute atomic E-state index is 0.298. The minimum atomic E-state index is -3.85. The largest absolute Gasteiger partial charge is 0.371 e. The molecule has 4 nitrogen and oxygen atoms in total. The highest BCUT2D eigenvalue weighted by Crippen LogP contribution is 2.70. The van der Waals surface area contributed by atoms with Gasteiger partial charge in [0.15, 0.2) is 0 Å². The van der Waals surface area contributed by atoms with E-state index in [0.717, 1.165) is 36.8 Å². The first-order valence-corrected chi connectivity index (χ1v) is 10.9. The number of hydrogen-bond donors (Lipinski definition) is 1. The van der Waals surface area contributed by atoms with Crippen LogP contribution in [0.5, 0.6) is 0 Å². The standard InChI is InChI=1S/C21H27O4P/c1-3-5-15-24-26(23,25-16-6-4-2)21(22)19-13-9-7-11-17(19)18-12-8-10-14-20(18)21/h7-14,22H,3-6,15-16H2,1-2H3. The summed E-state index contributed by atoms with van der Waals surface area (Å²) in [6.07, 6.45) is 3.36. The summed E-state index contributed by atoms with van der Waals surface area (Å²) < 4.78 is 25.5. The first-order valence-electron chi connectivity index (χ1n) is 9.39. The van der Waals surface area contributed by atoms with Crippen LogP contribution in [0, 0.1) is 0 Å². The van der Waals surface area contributed by atoms with Crippen LogP contribution in [0.2, 0.25) is 0 Å². The Bertz CT molecular complexity index is 743. The van der Waals surface area contributed by atoms with Crippen molar-refractivity contribution in [2.24, 2.45) is 0 Å². The summed E-state index contributed by atoms with van der Waals surface area (Å²) in [6, 6.07) is 15.0. The smallest absolute Gasteiger partial charge is 0.370 e. The average Bonchev–Trinajstić information content (AvgIpc) is 2.94. The lowest BCUT2D eigenvalue weighted by Crippen LogP contribution is -2.27. The molecular weight excluding hydrogens is 347 g/mol. The summed E-state index contributed by atoms with van der Waals surface area (Å²) in [6.45, 7) is 4.68. The fraction of sp³-hybridized carbons (Fsp3) is 0.429. The van der Waals surface area contributed by atoms with Gasteiger partial charge in [-0.25, -0.2) is 0 Å². The molecule has 1 N–H and O–H groups in total. The number of aliphatic hydroxyl groups is 1. The molecular formula is C21H27O4P. The summed E-state index contributed by atoms with van der Waals surface area (Å²) in [7, 11) is -3.85. The maximum absolute atomic E-state index is 13.9. The Morgan fingerprint density at radius 2 is 1.27 bits per heavy atom. The molecule has 0 bridgehead atoms. The van der Waals surface area contributed by atoms with Gasteiger partial charge in [-0.15, -0.1) is 0 Å². The van der Waals surface area contributed by atoms with Crippen molar-refractivity contribution in [2.45, 2.75) is 44.9 Å². The van der Waals surface area contributed by atoms with E-state index in [1.165, 1.54) is 0 Å². The van der Waals surface area contributed by atoms with Crippen LogP contribution in [0.4, 0.5) is 0 Å². The van der Waals surface area contributed by atoms with Gasteiger partial charge in [-0.3, -0.25) is 4.57 Å². The maximum Gasteiger partial charge on any atom is 0.371 e. The van der Waals surface area contributed by atoms with E-state index < -0.39 is 12.9 Å². The predicted octanol–water partition coefficient (Wildman–Crippen LogP) is 5.69. The van der Waals surface area contributed by atoms with Crippen molar-refractivity contribution in [1.82, 2.24) is 0 Å². The monoisotopic (exact) mass is 374 g/mol. The fourth-order valence-corrected chi connectivity index (χ4v) is 5.53. The van der Waals surface area contributed by atoms with Gasteiger partial charge in [0.25, 0.3) is 0 Å². The molecule has 0 atom stereocenters. The molecule has 0 saturated carbocycles. The molecule has 2 aromatic rings. The first kappa shape index (κ1) is 19.3. The van der Waals surface area contributed by atoms with Crippen molar-refractivity contribution in [1.29, 1.82) is 0 Å². The lowest BCUT2D eigenvalue weighted by Gasteiger charge is -2.33. The number of hydrogen-bond acceptors (Lipinski definition) is 4. The van der Waals surface area contributed by atoms with Crippen molar-refractivity contribution in [3.8, 4) is 11.1 Å². The van der Waals surface area contributed by atoms with E-state index in [9.17, 15) is 9.67 Å². The van der Waals surface area contributed by atoms with Crippen LogP contribution in [-0.2, 0) is 19.0 Å². The first-order chi connectivity index (χ1) is 12.6. The van der Waals surface area contributed by atoms with Crippen LogP contribution in [0.1, 0.15) is 50.7 Å². The summed E-state index contributed by atoms with van der Waals surface area (Å²) >= 11 is 0. The zero-order valence-corrected chi connectivity index (χ0v) is 16.4. The Kier molecular flexibility index (Phi) is 5.99. The van der Waals surface area contributed by atoms with Crippen LogP contribution in [0.3, 0.4) is 0 Å². The van der Waals surface area contributed by atoms with E-state index in [-0.39, 0.29) is 0 Å².